The minimum absolute atomic E-state index is 1.04. The second-order valence-corrected chi connectivity index (χ2v) is 9.47. The van der Waals surface area contributed by atoms with Gasteiger partial charge in [-0.15, -0.1) is 0 Å². The van der Waals surface area contributed by atoms with Gasteiger partial charge < -0.3 is 0 Å². The van der Waals surface area contributed by atoms with Crippen molar-refractivity contribution in [2.75, 3.05) is 7.11 Å². The first-order chi connectivity index (χ1) is 8.76. The van der Waals surface area contributed by atoms with Crippen LogP contribution < -0.4 is 13.4 Å². The third kappa shape index (κ3) is 2.79. The molecule has 0 aliphatic heterocycles. The van der Waals surface area contributed by atoms with Crippen LogP contribution in [0.15, 0.2) is 48.5 Å². The van der Waals surface area contributed by atoms with Crippen LogP contribution in [0.1, 0.15) is 12.5 Å². The average molecular weight is 302 g/mol. The van der Waals surface area contributed by atoms with Gasteiger partial charge in [-0.25, -0.2) is 0 Å². The molecule has 94 valence electrons. The second-order valence-electron chi connectivity index (χ2n) is 4.25. The first kappa shape index (κ1) is 13.2. The Labute approximate surface area is 114 Å². The zero-order chi connectivity index (χ0) is 13.0. The normalized spacial score (nSPS) is 12.2. The standard InChI is InChI=1S/C16H19AsO/c1-4-17(14-11-9-13(2)10-12-14)15-7-5-6-8-16(15)18-3/h5-12H,4H2,1-3H3. The van der Waals surface area contributed by atoms with Gasteiger partial charge in [0.15, 0.2) is 0 Å². The van der Waals surface area contributed by atoms with Crippen LogP contribution in [-0.4, -0.2) is 21.8 Å². The van der Waals surface area contributed by atoms with Crippen molar-refractivity contribution in [3.8, 4) is 5.75 Å². The number of hydrogen-bond acceptors (Lipinski definition) is 1. The predicted octanol–water partition coefficient (Wildman–Crippen LogP) is 2.63. The molecule has 18 heavy (non-hydrogen) atoms. The zero-order valence-corrected chi connectivity index (χ0v) is 13.1. The maximum atomic E-state index is 5.51. The molecule has 0 heterocycles. The molecule has 0 N–H and O–H groups in total. The van der Waals surface area contributed by atoms with E-state index >= 15 is 0 Å². The van der Waals surface area contributed by atoms with Crippen molar-refractivity contribution >= 4 is 23.4 Å². The van der Waals surface area contributed by atoms with Gasteiger partial charge in [-0.3, -0.25) is 0 Å². The topological polar surface area (TPSA) is 9.23 Å². The van der Waals surface area contributed by atoms with Gasteiger partial charge in [0, 0.05) is 0 Å². The Morgan fingerprint density at radius 2 is 1.67 bits per heavy atom. The average Bonchev–Trinajstić information content (AvgIpc) is 2.42. The molecule has 1 nitrogen and oxygen atoms in total. The maximum absolute atomic E-state index is 5.51. The molecule has 2 heteroatoms. The third-order valence-corrected chi connectivity index (χ3v) is 8.29. The first-order valence-electron chi connectivity index (χ1n) is 6.23. The molecule has 1 atom stereocenters. The van der Waals surface area contributed by atoms with Gasteiger partial charge in [-0.1, -0.05) is 0 Å². The van der Waals surface area contributed by atoms with E-state index in [9.17, 15) is 0 Å². The molecular weight excluding hydrogens is 283 g/mol. The Bertz CT molecular complexity index is 505. The van der Waals surface area contributed by atoms with E-state index in [4.69, 9.17) is 4.74 Å². The van der Waals surface area contributed by atoms with Crippen molar-refractivity contribution in [3.63, 3.8) is 0 Å². The number of methoxy groups -OCH3 is 1. The fourth-order valence-electron chi connectivity index (χ4n) is 2.07. The van der Waals surface area contributed by atoms with Gasteiger partial charge in [0.05, 0.1) is 0 Å². The van der Waals surface area contributed by atoms with Crippen LogP contribution in [0.2, 0.25) is 5.21 Å². The van der Waals surface area contributed by atoms with Crippen molar-refractivity contribution < 1.29 is 4.74 Å². The summed E-state index contributed by atoms with van der Waals surface area (Å²) in [6.45, 7) is 4.42. The van der Waals surface area contributed by atoms with E-state index in [2.05, 4.69) is 56.3 Å². The van der Waals surface area contributed by atoms with Crippen molar-refractivity contribution in [1.29, 1.82) is 0 Å². The Morgan fingerprint density at radius 3 is 2.28 bits per heavy atom. The summed E-state index contributed by atoms with van der Waals surface area (Å²) in [6.07, 6.45) is 0. The molecule has 2 aromatic carbocycles. The van der Waals surface area contributed by atoms with Crippen molar-refractivity contribution in [2.24, 2.45) is 0 Å². The summed E-state index contributed by atoms with van der Waals surface area (Å²) in [6, 6.07) is 17.4. The van der Waals surface area contributed by atoms with Crippen molar-refractivity contribution in [2.45, 2.75) is 19.1 Å². The number of rotatable bonds is 4. The molecule has 2 rings (SSSR count). The van der Waals surface area contributed by atoms with Crippen LogP contribution in [0.4, 0.5) is 0 Å². The third-order valence-electron chi connectivity index (χ3n) is 3.04. The van der Waals surface area contributed by atoms with Gasteiger partial charge in [0.1, 0.15) is 0 Å². The van der Waals surface area contributed by atoms with Gasteiger partial charge in [-0.2, -0.15) is 0 Å². The molecule has 0 aliphatic rings. The first-order valence-corrected chi connectivity index (χ1v) is 9.44. The second kappa shape index (κ2) is 6.11. The Kier molecular flexibility index (Phi) is 4.49. The van der Waals surface area contributed by atoms with Gasteiger partial charge >= 0.3 is 114 Å². The molecule has 0 aliphatic carbocycles. The van der Waals surface area contributed by atoms with Crippen molar-refractivity contribution in [3.05, 3.63) is 54.1 Å². The van der Waals surface area contributed by atoms with E-state index < -0.39 is 14.7 Å². The Morgan fingerprint density at radius 1 is 1.00 bits per heavy atom. The van der Waals surface area contributed by atoms with E-state index in [0.29, 0.717) is 0 Å². The van der Waals surface area contributed by atoms with Gasteiger partial charge in [0.25, 0.3) is 0 Å². The fraction of sp³-hybridized carbons (Fsp3) is 0.250. The van der Waals surface area contributed by atoms with E-state index in [1.165, 1.54) is 19.5 Å². The van der Waals surface area contributed by atoms with Gasteiger partial charge in [0.2, 0.25) is 0 Å². The number of benzene rings is 2. The zero-order valence-electron chi connectivity index (χ0n) is 11.2. The van der Waals surface area contributed by atoms with Gasteiger partial charge in [-0.05, 0) is 0 Å². The summed E-state index contributed by atoms with van der Waals surface area (Å²) in [7, 11) is 1.76. The van der Waals surface area contributed by atoms with Crippen LogP contribution in [0.5, 0.6) is 5.75 Å². The summed E-state index contributed by atoms with van der Waals surface area (Å²) in [5, 5.41) is 1.22. The monoisotopic (exact) mass is 302 g/mol. The minimum atomic E-state index is -1.21. The molecular formula is C16H19AsO. The van der Waals surface area contributed by atoms with E-state index in [1.807, 2.05) is 6.07 Å². The summed E-state index contributed by atoms with van der Waals surface area (Å²) in [5.74, 6) is 1.04. The van der Waals surface area contributed by atoms with E-state index in [-0.39, 0.29) is 0 Å². The quantitative estimate of drug-likeness (QED) is 0.789. The number of aryl methyl sites for hydroxylation is 1. The molecule has 2 aromatic rings. The number of hydrogen-bond donors (Lipinski definition) is 0. The molecule has 0 fully saturated rings. The molecule has 0 saturated carbocycles. The van der Waals surface area contributed by atoms with Crippen molar-refractivity contribution in [1.82, 2.24) is 0 Å². The molecule has 0 aromatic heterocycles. The summed E-state index contributed by atoms with van der Waals surface area (Å²) >= 11 is -1.21. The number of para-hydroxylation sites is 1. The molecule has 1 unspecified atom stereocenters. The summed E-state index contributed by atoms with van der Waals surface area (Å²) in [5.41, 5.74) is 1.32. The van der Waals surface area contributed by atoms with E-state index in [0.717, 1.165) is 5.75 Å². The van der Waals surface area contributed by atoms with Crippen LogP contribution in [-0.2, 0) is 0 Å². The predicted molar refractivity (Wildman–Crippen MR) is 79.7 cm³/mol. The summed E-state index contributed by atoms with van der Waals surface area (Å²) in [4.78, 5) is 0. The van der Waals surface area contributed by atoms with Crippen LogP contribution in [0, 0.1) is 6.92 Å². The molecule has 0 bridgehead atoms. The molecule has 0 saturated heterocycles. The van der Waals surface area contributed by atoms with Crippen LogP contribution in [0.3, 0.4) is 0 Å². The molecule has 0 spiro atoms. The summed E-state index contributed by atoms with van der Waals surface area (Å²) < 4.78 is 8.43. The fourth-order valence-corrected chi connectivity index (χ4v) is 6.67. The number of ether oxygens (including phenoxy) is 1. The SMILES string of the molecule is CC[As](c1ccc(C)cc1)c1ccccc1OC. The molecule has 0 radical (unpaired) electrons. The Hall–Kier alpha value is -1.20. The van der Waals surface area contributed by atoms with E-state index in [1.54, 1.807) is 7.11 Å². The molecule has 0 amide bonds. The Balaban J connectivity index is 2.41. The van der Waals surface area contributed by atoms with Crippen LogP contribution >= 0.6 is 0 Å². The van der Waals surface area contributed by atoms with Crippen LogP contribution in [0.25, 0.3) is 0 Å².